The van der Waals surface area contributed by atoms with Crippen molar-refractivity contribution in [1.29, 1.82) is 0 Å². The average Bonchev–Trinajstić information content (AvgIpc) is 3.26. The number of rotatable bonds is 11. The highest BCUT2D eigenvalue weighted by Crippen LogP contribution is 2.26. The van der Waals surface area contributed by atoms with Crippen LogP contribution >= 0.6 is 0 Å². The number of nitrogens with one attached hydrogen (secondary N) is 1. The second-order valence-corrected chi connectivity index (χ2v) is 7.49. The summed E-state index contributed by atoms with van der Waals surface area (Å²) in [6, 6.07) is 15.6. The van der Waals surface area contributed by atoms with Crippen LogP contribution in [0.4, 0.5) is 0 Å². The molecule has 30 heavy (non-hydrogen) atoms. The lowest BCUT2D eigenvalue weighted by Gasteiger charge is -2.29. The molecule has 1 heterocycles. The second kappa shape index (κ2) is 10.4. The fourth-order valence-electron chi connectivity index (χ4n) is 3.20. The van der Waals surface area contributed by atoms with E-state index < -0.39 is 5.54 Å². The van der Waals surface area contributed by atoms with Crippen LogP contribution in [0.25, 0.3) is 11.3 Å². The molecule has 3 rings (SSSR count). The summed E-state index contributed by atoms with van der Waals surface area (Å²) in [5.74, 6) is 2.26. The van der Waals surface area contributed by atoms with E-state index in [9.17, 15) is 10.2 Å². The molecule has 0 atom stereocenters. The molecule has 0 bridgehead atoms. The van der Waals surface area contributed by atoms with Crippen molar-refractivity contribution < 1.29 is 19.4 Å². The number of aryl methyl sites for hydroxylation is 2. The summed E-state index contributed by atoms with van der Waals surface area (Å²) >= 11 is 0. The standard InChI is InChI=1S/C24H30N2O4/c1-3-4-23-26-22(15-29-23)19-7-11-21(12-8-19)30-20-9-5-18(6-10-20)13-14-24(16-27,17-28)25-2/h5-12,15,25,27-28H,3-4,13-14,16-17H2,1-2H3. The lowest BCUT2D eigenvalue weighted by atomic mass is 9.93. The lowest BCUT2D eigenvalue weighted by molar-refractivity contribution is 0.0906. The summed E-state index contributed by atoms with van der Waals surface area (Å²) in [5, 5.41) is 22.1. The number of aliphatic hydroxyl groups excluding tert-OH is 2. The highest BCUT2D eigenvalue weighted by atomic mass is 16.5. The Morgan fingerprint density at radius 1 is 0.967 bits per heavy atom. The maximum absolute atomic E-state index is 9.53. The Bertz CT molecular complexity index is 891. The summed E-state index contributed by atoms with van der Waals surface area (Å²) < 4.78 is 11.4. The molecule has 0 saturated heterocycles. The van der Waals surface area contributed by atoms with Gasteiger partial charge in [-0.3, -0.25) is 0 Å². The monoisotopic (exact) mass is 410 g/mol. The van der Waals surface area contributed by atoms with Crippen molar-refractivity contribution in [3.05, 3.63) is 66.2 Å². The molecular formula is C24H30N2O4. The van der Waals surface area contributed by atoms with E-state index in [1.165, 1.54) is 0 Å². The highest BCUT2D eigenvalue weighted by molar-refractivity contribution is 5.59. The minimum Gasteiger partial charge on any atom is -0.457 e. The zero-order chi connectivity index (χ0) is 21.4. The predicted molar refractivity (Wildman–Crippen MR) is 117 cm³/mol. The van der Waals surface area contributed by atoms with Crippen LogP contribution in [0.2, 0.25) is 0 Å². The van der Waals surface area contributed by atoms with E-state index in [1.54, 1.807) is 13.3 Å². The number of aliphatic hydroxyl groups is 2. The normalized spacial score (nSPS) is 11.6. The van der Waals surface area contributed by atoms with Gasteiger partial charge in [0.2, 0.25) is 0 Å². The molecule has 2 aromatic carbocycles. The molecule has 160 valence electrons. The van der Waals surface area contributed by atoms with Gasteiger partial charge in [0.05, 0.1) is 18.8 Å². The molecule has 0 spiro atoms. The van der Waals surface area contributed by atoms with Gasteiger partial charge in [-0.2, -0.15) is 0 Å². The fraction of sp³-hybridized carbons (Fsp3) is 0.375. The third-order valence-electron chi connectivity index (χ3n) is 5.35. The zero-order valence-electron chi connectivity index (χ0n) is 17.6. The Kier molecular flexibility index (Phi) is 7.63. The van der Waals surface area contributed by atoms with Gasteiger partial charge < -0.3 is 24.7 Å². The first-order valence-electron chi connectivity index (χ1n) is 10.3. The molecular weight excluding hydrogens is 380 g/mol. The Balaban J connectivity index is 1.58. The first-order valence-corrected chi connectivity index (χ1v) is 10.3. The molecule has 3 N–H and O–H groups in total. The van der Waals surface area contributed by atoms with Crippen LogP contribution in [-0.2, 0) is 12.8 Å². The van der Waals surface area contributed by atoms with Crippen LogP contribution in [0.15, 0.2) is 59.2 Å². The minimum absolute atomic E-state index is 0.106. The van der Waals surface area contributed by atoms with Gasteiger partial charge in [0, 0.05) is 12.0 Å². The van der Waals surface area contributed by atoms with Gasteiger partial charge in [-0.1, -0.05) is 19.1 Å². The van der Waals surface area contributed by atoms with Crippen LogP contribution < -0.4 is 10.1 Å². The molecule has 0 aliphatic rings. The molecule has 0 saturated carbocycles. The number of hydrogen-bond acceptors (Lipinski definition) is 6. The van der Waals surface area contributed by atoms with Crippen molar-refractivity contribution in [3.63, 3.8) is 0 Å². The average molecular weight is 411 g/mol. The summed E-state index contributed by atoms with van der Waals surface area (Å²) in [7, 11) is 1.75. The van der Waals surface area contributed by atoms with Crippen molar-refractivity contribution in [2.75, 3.05) is 20.3 Å². The Morgan fingerprint density at radius 2 is 1.60 bits per heavy atom. The molecule has 0 amide bonds. The van der Waals surface area contributed by atoms with Gasteiger partial charge in [-0.25, -0.2) is 4.98 Å². The van der Waals surface area contributed by atoms with Crippen LogP contribution in [-0.4, -0.2) is 41.0 Å². The Labute approximate surface area is 177 Å². The molecule has 6 nitrogen and oxygen atoms in total. The van der Waals surface area contributed by atoms with E-state index in [0.717, 1.165) is 53.5 Å². The smallest absolute Gasteiger partial charge is 0.194 e. The topological polar surface area (TPSA) is 87.8 Å². The highest BCUT2D eigenvalue weighted by Gasteiger charge is 2.25. The van der Waals surface area contributed by atoms with Gasteiger partial charge in [-0.15, -0.1) is 0 Å². The molecule has 0 radical (unpaired) electrons. The zero-order valence-corrected chi connectivity index (χ0v) is 17.6. The second-order valence-electron chi connectivity index (χ2n) is 7.49. The number of likely N-dealkylation sites (N-methyl/N-ethyl adjacent to an activating group) is 1. The quantitative estimate of drug-likeness (QED) is 0.443. The predicted octanol–water partition coefficient (Wildman–Crippen LogP) is 3.96. The number of oxazole rings is 1. The first kappa shape index (κ1) is 22.0. The van der Waals surface area contributed by atoms with Crippen molar-refractivity contribution in [2.45, 2.75) is 38.1 Å². The number of ether oxygens (including phenoxy) is 1. The third-order valence-corrected chi connectivity index (χ3v) is 5.35. The molecule has 3 aromatic rings. The van der Waals surface area contributed by atoms with Crippen molar-refractivity contribution in [1.82, 2.24) is 10.3 Å². The van der Waals surface area contributed by atoms with E-state index >= 15 is 0 Å². The van der Waals surface area contributed by atoms with Crippen LogP contribution in [0, 0.1) is 0 Å². The molecule has 0 aliphatic carbocycles. The van der Waals surface area contributed by atoms with Crippen molar-refractivity contribution >= 4 is 0 Å². The van der Waals surface area contributed by atoms with Crippen LogP contribution in [0.5, 0.6) is 11.5 Å². The van der Waals surface area contributed by atoms with Gasteiger partial charge >= 0.3 is 0 Å². The summed E-state index contributed by atoms with van der Waals surface area (Å²) in [6.07, 6.45) is 4.92. The number of nitrogens with zero attached hydrogens (tertiary/aromatic N) is 1. The van der Waals surface area contributed by atoms with Gasteiger partial charge in [0.25, 0.3) is 0 Å². The molecule has 1 aromatic heterocycles. The number of hydrogen-bond donors (Lipinski definition) is 3. The van der Waals surface area contributed by atoms with E-state index in [1.807, 2.05) is 48.5 Å². The van der Waals surface area contributed by atoms with E-state index in [-0.39, 0.29) is 13.2 Å². The first-order chi connectivity index (χ1) is 14.6. The SMILES string of the molecule is CCCc1nc(-c2ccc(Oc3ccc(CCC(CO)(CO)NC)cc3)cc2)co1. The van der Waals surface area contributed by atoms with Gasteiger partial charge in [-0.05, 0) is 68.3 Å². The van der Waals surface area contributed by atoms with E-state index in [2.05, 4.69) is 17.2 Å². The molecule has 0 aliphatic heterocycles. The third kappa shape index (κ3) is 5.48. The number of benzene rings is 2. The fourth-order valence-corrected chi connectivity index (χ4v) is 3.20. The van der Waals surface area contributed by atoms with Crippen molar-refractivity contribution in [3.8, 4) is 22.8 Å². The lowest BCUT2D eigenvalue weighted by Crippen LogP contribution is -2.50. The maximum atomic E-state index is 9.53. The molecule has 6 heteroatoms. The van der Waals surface area contributed by atoms with Crippen LogP contribution in [0.3, 0.4) is 0 Å². The summed E-state index contributed by atoms with van der Waals surface area (Å²) in [6.45, 7) is 1.89. The summed E-state index contributed by atoms with van der Waals surface area (Å²) in [5.41, 5.74) is 2.29. The van der Waals surface area contributed by atoms with Gasteiger partial charge in [0.1, 0.15) is 23.5 Å². The van der Waals surface area contributed by atoms with Gasteiger partial charge in [0.15, 0.2) is 5.89 Å². The summed E-state index contributed by atoms with van der Waals surface area (Å²) in [4.78, 5) is 4.50. The molecule has 0 unspecified atom stereocenters. The largest absolute Gasteiger partial charge is 0.457 e. The molecule has 0 fully saturated rings. The van der Waals surface area contributed by atoms with E-state index in [0.29, 0.717) is 6.42 Å². The Hall–Kier alpha value is -2.67. The minimum atomic E-state index is -0.655. The van der Waals surface area contributed by atoms with E-state index in [4.69, 9.17) is 9.15 Å². The Morgan fingerprint density at radius 3 is 2.17 bits per heavy atom. The number of aromatic nitrogens is 1. The maximum Gasteiger partial charge on any atom is 0.194 e. The van der Waals surface area contributed by atoms with Crippen molar-refractivity contribution in [2.24, 2.45) is 0 Å². The van der Waals surface area contributed by atoms with Crippen LogP contribution in [0.1, 0.15) is 31.2 Å².